The second-order valence-corrected chi connectivity index (χ2v) is 8.24. The second kappa shape index (κ2) is 10.4. The van der Waals surface area contributed by atoms with Crippen molar-refractivity contribution in [2.24, 2.45) is 0 Å². The molecule has 4 amide bonds. The summed E-state index contributed by atoms with van der Waals surface area (Å²) in [7, 11) is 0. The van der Waals surface area contributed by atoms with E-state index >= 15 is 0 Å². The number of benzene rings is 3. The number of hydrogen-bond acceptors (Lipinski definition) is 5. The maximum absolute atomic E-state index is 13.2. The van der Waals surface area contributed by atoms with Gasteiger partial charge in [0.05, 0.1) is 12.3 Å². The van der Waals surface area contributed by atoms with Gasteiger partial charge in [-0.05, 0) is 60.9 Å². The molecule has 0 bridgehead atoms. The summed E-state index contributed by atoms with van der Waals surface area (Å²) in [5.41, 5.74) is 2.32. The molecule has 0 radical (unpaired) electrons. The number of halogens is 1. The third-order valence-corrected chi connectivity index (χ3v) is 5.56. The summed E-state index contributed by atoms with van der Waals surface area (Å²) < 4.78 is 11.6. The highest BCUT2D eigenvalue weighted by Gasteiger charge is 2.37. The number of nitrogens with zero attached hydrogens (tertiary/aromatic N) is 1. The standard InChI is InChI=1S/C27H23ClN2O5/c1-3-34-24-14-19(10-12-23(24)35-16-18-7-5-4-6-8-18)13-21-25(31)29-27(33)30(26(21)32)22-15-20(28)11-9-17(22)2/h4-15H,3,16H2,1-2H3,(H,29,31,33)/b21-13+. The van der Waals surface area contributed by atoms with E-state index in [2.05, 4.69) is 5.32 Å². The number of ether oxygens (including phenoxy) is 2. The van der Waals surface area contributed by atoms with Crippen molar-refractivity contribution in [2.75, 3.05) is 11.5 Å². The third kappa shape index (κ3) is 5.36. The molecule has 4 rings (SSSR count). The van der Waals surface area contributed by atoms with Crippen LogP contribution < -0.4 is 19.7 Å². The van der Waals surface area contributed by atoms with Crippen LogP contribution in [0.2, 0.25) is 5.02 Å². The molecule has 1 saturated heterocycles. The summed E-state index contributed by atoms with van der Waals surface area (Å²) in [5.74, 6) is -0.520. The van der Waals surface area contributed by atoms with E-state index in [4.69, 9.17) is 21.1 Å². The highest BCUT2D eigenvalue weighted by molar-refractivity contribution is 6.39. The van der Waals surface area contributed by atoms with Gasteiger partial charge < -0.3 is 9.47 Å². The Kier molecular flexibility index (Phi) is 7.17. The van der Waals surface area contributed by atoms with E-state index in [0.717, 1.165) is 10.5 Å². The Balaban J connectivity index is 1.64. The van der Waals surface area contributed by atoms with Crippen LogP contribution in [0.1, 0.15) is 23.6 Å². The molecule has 0 unspecified atom stereocenters. The molecule has 3 aromatic carbocycles. The van der Waals surface area contributed by atoms with Gasteiger partial charge in [0, 0.05) is 5.02 Å². The van der Waals surface area contributed by atoms with E-state index in [9.17, 15) is 14.4 Å². The summed E-state index contributed by atoms with van der Waals surface area (Å²) >= 11 is 6.08. The highest BCUT2D eigenvalue weighted by Crippen LogP contribution is 2.32. The molecular formula is C27H23ClN2O5. The van der Waals surface area contributed by atoms with Gasteiger partial charge in [0.1, 0.15) is 12.2 Å². The number of imide groups is 2. The Labute approximate surface area is 207 Å². The molecule has 1 N–H and O–H groups in total. The molecule has 0 aliphatic carbocycles. The molecule has 1 heterocycles. The van der Waals surface area contributed by atoms with Gasteiger partial charge in [-0.25, -0.2) is 9.69 Å². The molecule has 1 aliphatic rings. The van der Waals surface area contributed by atoms with Crippen molar-refractivity contribution in [3.8, 4) is 11.5 Å². The first-order valence-electron chi connectivity index (χ1n) is 11.0. The molecule has 0 atom stereocenters. The minimum absolute atomic E-state index is 0.190. The molecule has 8 heteroatoms. The molecule has 7 nitrogen and oxygen atoms in total. The lowest BCUT2D eigenvalue weighted by Crippen LogP contribution is -2.54. The van der Waals surface area contributed by atoms with Crippen LogP contribution in [0, 0.1) is 6.92 Å². The lowest BCUT2D eigenvalue weighted by atomic mass is 10.1. The molecular weight excluding hydrogens is 468 g/mol. The van der Waals surface area contributed by atoms with Gasteiger partial charge in [0.2, 0.25) is 0 Å². The monoisotopic (exact) mass is 490 g/mol. The van der Waals surface area contributed by atoms with Gasteiger partial charge in [0.25, 0.3) is 11.8 Å². The molecule has 3 aromatic rings. The van der Waals surface area contributed by atoms with Gasteiger partial charge >= 0.3 is 6.03 Å². The third-order valence-electron chi connectivity index (χ3n) is 5.33. The number of hydrogen-bond donors (Lipinski definition) is 1. The number of urea groups is 1. The smallest absolute Gasteiger partial charge is 0.335 e. The summed E-state index contributed by atoms with van der Waals surface area (Å²) in [6.45, 7) is 4.35. The summed E-state index contributed by atoms with van der Waals surface area (Å²) in [6.07, 6.45) is 1.42. The number of anilines is 1. The predicted molar refractivity (Wildman–Crippen MR) is 134 cm³/mol. The first kappa shape index (κ1) is 24.0. The van der Waals surface area contributed by atoms with Gasteiger partial charge in [0.15, 0.2) is 11.5 Å². The topological polar surface area (TPSA) is 84.9 Å². The van der Waals surface area contributed by atoms with Crippen LogP contribution in [0.25, 0.3) is 6.08 Å². The van der Waals surface area contributed by atoms with Gasteiger partial charge in [-0.15, -0.1) is 0 Å². The van der Waals surface area contributed by atoms with E-state index in [1.807, 2.05) is 37.3 Å². The number of aryl methyl sites for hydroxylation is 1. The number of amides is 4. The number of rotatable bonds is 7. The summed E-state index contributed by atoms with van der Waals surface area (Å²) in [4.78, 5) is 39.2. The van der Waals surface area contributed by atoms with Crippen LogP contribution in [0.5, 0.6) is 11.5 Å². The first-order valence-corrected chi connectivity index (χ1v) is 11.4. The first-order chi connectivity index (χ1) is 16.9. The summed E-state index contributed by atoms with van der Waals surface area (Å²) in [5, 5.41) is 2.59. The second-order valence-electron chi connectivity index (χ2n) is 7.80. The van der Waals surface area contributed by atoms with Crippen molar-refractivity contribution >= 4 is 41.2 Å². The fourth-order valence-electron chi connectivity index (χ4n) is 3.60. The number of carbonyl (C=O) groups excluding carboxylic acids is 3. The maximum Gasteiger partial charge on any atom is 0.335 e. The molecule has 35 heavy (non-hydrogen) atoms. The Morgan fingerprint density at radius 2 is 1.71 bits per heavy atom. The predicted octanol–water partition coefficient (Wildman–Crippen LogP) is 5.29. The fraction of sp³-hybridized carbons (Fsp3) is 0.148. The molecule has 0 aromatic heterocycles. The zero-order valence-corrected chi connectivity index (χ0v) is 20.0. The zero-order valence-electron chi connectivity index (χ0n) is 19.2. The van der Waals surface area contributed by atoms with Crippen LogP contribution in [-0.2, 0) is 16.2 Å². The quantitative estimate of drug-likeness (QED) is 0.359. The maximum atomic E-state index is 13.2. The lowest BCUT2D eigenvalue weighted by molar-refractivity contribution is -0.122. The average molecular weight is 491 g/mol. The van der Waals surface area contributed by atoms with Crippen LogP contribution in [0.15, 0.2) is 72.3 Å². The molecule has 178 valence electrons. The van der Waals surface area contributed by atoms with Crippen molar-refractivity contribution in [3.05, 3.63) is 94.0 Å². The van der Waals surface area contributed by atoms with E-state index < -0.39 is 17.8 Å². The number of carbonyl (C=O) groups is 3. The normalized spacial score (nSPS) is 14.8. The Hall–Kier alpha value is -4.10. The molecule has 1 aliphatic heterocycles. The number of barbiturate groups is 1. The van der Waals surface area contributed by atoms with Gasteiger partial charge in [-0.3, -0.25) is 14.9 Å². The van der Waals surface area contributed by atoms with E-state index in [0.29, 0.717) is 46.5 Å². The van der Waals surface area contributed by atoms with E-state index in [1.165, 1.54) is 12.1 Å². The minimum atomic E-state index is -0.831. The molecule has 0 spiro atoms. The number of nitrogens with one attached hydrogen (secondary N) is 1. The van der Waals surface area contributed by atoms with Crippen molar-refractivity contribution in [3.63, 3.8) is 0 Å². The zero-order chi connectivity index (χ0) is 24.9. The molecule has 1 fully saturated rings. The van der Waals surface area contributed by atoms with Crippen LogP contribution in [0.3, 0.4) is 0 Å². The van der Waals surface area contributed by atoms with Crippen molar-refractivity contribution < 1.29 is 23.9 Å². The van der Waals surface area contributed by atoms with E-state index in [1.54, 1.807) is 37.3 Å². The Morgan fingerprint density at radius 3 is 2.46 bits per heavy atom. The van der Waals surface area contributed by atoms with E-state index in [-0.39, 0.29) is 5.57 Å². The van der Waals surface area contributed by atoms with Crippen molar-refractivity contribution in [1.82, 2.24) is 5.32 Å². The highest BCUT2D eigenvalue weighted by atomic mass is 35.5. The summed E-state index contributed by atoms with van der Waals surface area (Å²) in [6, 6.07) is 18.9. The van der Waals surface area contributed by atoms with Crippen molar-refractivity contribution in [1.29, 1.82) is 0 Å². The molecule has 0 saturated carbocycles. The fourth-order valence-corrected chi connectivity index (χ4v) is 3.77. The SMILES string of the molecule is CCOc1cc(/C=C2\C(=O)NC(=O)N(c3cc(Cl)ccc3C)C2=O)ccc1OCc1ccccc1. The van der Waals surface area contributed by atoms with Crippen LogP contribution in [0.4, 0.5) is 10.5 Å². The lowest BCUT2D eigenvalue weighted by Gasteiger charge is -2.27. The van der Waals surface area contributed by atoms with Crippen LogP contribution in [-0.4, -0.2) is 24.5 Å². The Morgan fingerprint density at radius 1 is 0.943 bits per heavy atom. The largest absolute Gasteiger partial charge is 0.490 e. The van der Waals surface area contributed by atoms with Crippen LogP contribution >= 0.6 is 11.6 Å². The Bertz CT molecular complexity index is 1320. The van der Waals surface area contributed by atoms with Gasteiger partial charge in [-0.1, -0.05) is 54.1 Å². The van der Waals surface area contributed by atoms with Crippen molar-refractivity contribution in [2.45, 2.75) is 20.5 Å². The van der Waals surface area contributed by atoms with Gasteiger partial charge in [-0.2, -0.15) is 0 Å². The average Bonchev–Trinajstić information content (AvgIpc) is 2.84. The minimum Gasteiger partial charge on any atom is -0.490 e.